The van der Waals surface area contributed by atoms with Crippen molar-refractivity contribution in [2.45, 2.75) is 26.4 Å². The summed E-state index contributed by atoms with van der Waals surface area (Å²) in [5.41, 5.74) is 1.66. The lowest BCUT2D eigenvalue weighted by Crippen LogP contribution is -2.30. The van der Waals surface area contributed by atoms with Crippen LogP contribution >= 0.6 is 0 Å². The van der Waals surface area contributed by atoms with Gasteiger partial charge in [0.05, 0.1) is 18.2 Å². The van der Waals surface area contributed by atoms with Crippen molar-refractivity contribution >= 4 is 11.7 Å². The number of pyridine rings is 1. The normalized spacial score (nSPS) is 16.9. The molecule has 2 aromatic rings. The molecule has 1 aromatic carbocycles. The van der Waals surface area contributed by atoms with Crippen LogP contribution in [0.2, 0.25) is 0 Å². The van der Waals surface area contributed by atoms with E-state index in [9.17, 15) is 14.7 Å². The molecule has 0 radical (unpaired) electrons. The Bertz CT molecular complexity index is 844. The second kappa shape index (κ2) is 7.39. The number of ether oxygens (including phenoxy) is 1. The van der Waals surface area contributed by atoms with Crippen LogP contribution in [0.1, 0.15) is 31.0 Å². The summed E-state index contributed by atoms with van der Waals surface area (Å²) in [6, 6.07) is 10.2. The van der Waals surface area contributed by atoms with Gasteiger partial charge < -0.3 is 14.7 Å². The minimum Gasteiger partial charge on any atom is -0.503 e. The number of hydrogen-bond acceptors (Lipinski definition) is 5. The molecule has 6 heteroatoms. The summed E-state index contributed by atoms with van der Waals surface area (Å²) in [5, 5.41) is 10.3. The van der Waals surface area contributed by atoms with Crippen LogP contribution in [0.5, 0.6) is 5.75 Å². The zero-order valence-electron chi connectivity index (χ0n) is 14.7. The van der Waals surface area contributed by atoms with E-state index in [0.29, 0.717) is 12.4 Å². The molecule has 1 aliphatic heterocycles. The molecule has 6 nitrogen and oxygen atoms in total. The number of Topliss-reactive ketones (excluding diaryl/α,β-unsaturated/α-hetero) is 1. The highest BCUT2D eigenvalue weighted by molar-refractivity contribution is 6.08. The highest BCUT2D eigenvalue weighted by Crippen LogP contribution is 2.39. The third-order valence-corrected chi connectivity index (χ3v) is 4.27. The highest BCUT2D eigenvalue weighted by Gasteiger charge is 2.42. The molecule has 0 fully saturated rings. The fourth-order valence-corrected chi connectivity index (χ4v) is 3.12. The minimum absolute atomic E-state index is 0.114. The van der Waals surface area contributed by atoms with Gasteiger partial charge in [-0.15, -0.1) is 0 Å². The fourth-order valence-electron chi connectivity index (χ4n) is 3.12. The summed E-state index contributed by atoms with van der Waals surface area (Å²) in [4.78, 5) is 30.3. The molecule has 26 heavy (non-hydrogen) atoms. The first-order chi connectivity index (χ1) is 12.5. The average Bonchev–Trinajstić information content (AvgIpc) is 2.89. The first-order valence-electron chi connectivity index (χ1n) is 8.39. The Balaban J connectivity index is 1.99. The van der Waals surface area contributed by atoms with Crippen LogP contribution in [0.15, 0.2) is 60.1 Å². The molecule has 0 spiro atoms. The Morgan fingerprint density at radius 3 is 2.58 bits per heavy atom. The van der Waals surface area contributed by atoms with E-state index < -0.39 is 17.7 Å². The number of benzene rings is 1. The highest BCUT2D eigenvalue weighted by atomic mass is 16.5. The van der Waals surface area contributed by atoms with E-state index in [1.165, 1.54) is 11.8 Å². The minimum atomic E-state index is -0.643. The van der Waals surface area contributed by atoms with E-state index in [1.54, 1.807) is 42.7 Å². The van der Waals surface area contributed by atoms with E-state index in [1.807, 2.05) is 13.0 Å². The van der Waals surface area contributed by atoms with Gasteiger partial charge in [0.15, 0.2) is 11.5 Å². The number of carbonyl (C=O) groups is 2. The van der Waals surface area contributed by atoms with E-state index >= 15 is 0 Å². The number of ketones is 1. The van der Waals surface area contributed by atoms with Gasteiger partial charge in [0.1, 0.15) is 5.75 Å². The maximum absolute atomic E-state index is 12.6. The van der Waals surface area contributed by atoms with E-state index in [-0.39, 0.29) is 17.9 Å². The molecule has 1 amide bonds. The van der Waals surface area contributed by atoms with Gasteiger partial charge in [0, 0.05) is 18.9 Å². The first kappa shape index (κ1) is 17.7. The average molecular weight is 352 g/mol. The van der Waals surface area contributed by atoms with Crippen molar-refractivity contribution in [2.24, 2.45) is 0 Å². The van der Waals surface area contributed by atoms with Crippen molar-refractivity contribution in [1.82, 2.24) is 9.88 Å². The number of rotatable bonds is 6. The van der Waals surface area contributed by atoms with Crippen LogP contribution in [-0.2, 0) is 16.1 Å². The lowest BCUT2D eigenvalue weighted by Gasteiger charge is -2.26. The summed E-state index contributed by atoms with van der Waals surface area (Å²) in [6.45, 7) is 4.04. The summed E-state index contributed by atoms with van der Waals surface area (Å²) in [7, 11) is 0. The van der Waals surface area contributed by atoms with Gasteiger partial charge in [0.25, 0.3) is 5.91 Å². The Morgan fingerprint density at radius 2 is 2.00 bits per heavy atom. The van der Waals surface area contributed by atoms with Gasteiger partial charge >= 0.3 is 0 Å². The van der Waals surface area contributed by atoms with Gasteiger partial charge in [-0.2, -0.15) is 0 Å². The summed E-state index contributed by atoms with van der Waals surface area (Å²) < 4.78 is 5.45. The lowest BCUT2D eigenvalue weighted by atomic mass is 9.96. The van der Waals surface area contributed by atoms with Crippen molar-refractivity contribution in [3.63, 3.8) is 0 Å². The predicted molar refractivity (Wildman–Crippen MR) is 95.5 cm³/mol. The van der Waals surface area contributed by atoms with Gasteiger partial charge in [-0.05, 0) is 43.2 Å². The van der Waals surface area contributed by atoms with E-state index in [0.717, 1.165) is 11.1 Å². The quantitative estimate of drug-likeness (QED) is 0.864. The SMILES string of the molecule is CCOc1ccc([C@@H]2C(C(C)=O)=C(O)C(=O)N2Cc2cccnc2)cc1. The van der Waals surface area contributed by atoms with Crippen molar-refractivity contribution in [1.29, 1.82) is 0 Å². The number of aromatic nitrogens is 1. The van der Waals surface area contributed by atoms with Crippen LogP contribution in [0.25, 0.3) is 0 Å². The monoisotopic (exact) mass is 352 g/mol. The molecule has 1 N–H and O–H groups in total. The van der Waals surface area contributed by atoms with Gasteiger partial charge in [-0.1, -0.05) is 18.2 Å². The molecule has 3 rings (SSSR count). The van der Waals surface area contributed by atoms with E-state index in [4.69, 9.17) is 4.74 Å². The lowest BCUT2D eigenvalue weighted by molar-refractivity contribution is -0.130. The molecule has 0 saturated carbocycles. The second-order valence-corrected chi connectivity index (χ2v) is 6.02. The fraction of sp³-hybridized carbons (Fsp3) is 0.250. The molecule has 0 unspecified atom stereocenters. The maximum Gasteiger partial charge on any atom is 0.290 e. The number of nitrogens with zero attached hydrogens (tertiary/aromatic N) is 2. The molecule has 0 bridgehead atoms. The molecule has 134 valence electrons. The number of amides is 1. The molecule has 1 aliphatic rings. The molecule has 0 saturated heterocycles. The Kier molecular flexibility index (Phi) is 5.02. The first-order valence-corrected chi connectivity index (χ1v) is 8.39. The maximum atomic E-state index is 12.6. The molecular weight excluding hydrogens is 332 g/mol. The largest absolute Gasteiger partial charge is 0.503 e. The molecule has 2 heterocycles. The van der Waals surface area contributed by atoms with Crippen LogP contribution in [0.3, 0.4) is 0 Å². The Labute approximate surface area is 151 Å². The predicted octanol–water partition coefficient (Wildman–Crippen LogP) is 2.96. The van der Waals surface area contributed by atoms with E-state index in [2.05, 4.69) is 4.98 Å². The van der Waals surface area contributed by atoms with Crippen LogP contribution < -0.4 is 4.74 Å². The van der Waals surface area contributed by atoms with Crippen LogP contribution in [0.4, 0.5) is 0 Å². The summed E-state index contributed by atoms with van der Waals surface area (Å²) >= 11 is 0. The van der Waals surface area contributed by atoms with Crippen molar-refractivity contribution in [2.75, 3.05) is 6.61 Å². The zero-order valence-corrected chi connectivity index (χ0v) is 14.7. The third kappa shape index (κ3) is 3.31. The Morgan fingerprint density at radius 1 is 1.27 bits per heavy atom. The zero-order chi connectivity index (χ0) is 18.7. The smallest absolute Gasteiger partial charge is 0.290 e. The molecular formula is C20H20N2O4. The molecule has 1 aromatic heterocycles. The third-order valence-electron chi connectivity index (χ3n) is 4.27. The van der Waals surface area contributed by atoms with Gasteiger partial charge in [-0.25, -0.2) is 0 Å². The van der Waals surface area contributed by atoms with Crippen LogP contribution in [0, 0.1) is 0 Å². The van der Waals surface area contributed by atoms with Gasteiger partial charge in [-0.3, -0.25) is 14.6 Å². The number of aliphatic hydroxyl groups excluding tert-OH is 1. The Hall–Kier alpha value is -3.15. The van der Waals surface area contributed by atoms with Crippen LogP contribution in [-0.4, -0.2) is 33.3 Å². The van der Waals surface area contributed by atoms with Crippen molar-refractivity contribution in [3.8, 4) is 5.75 Å². The number of carbonyl (C=O) groups excluding carboxylic acids is 2. The van der Waals surface area contributed by atoms with Crippen molar-refractivity contribution in [3.05, 3.63) is 71.3 Å². The van der Waals surface area contributed by atoms with Crippen molar-refractivity contribution < 1.29 is 19.4 Å². The summed E-state index contributed by atoms with van der Waals surface area (Å²) in [5.74, 6) is -0.668. The molecule has 1 atom stereocenters. The number of aliphatic hydroxyl groups is 1. The topological polar surface area (TPSA) is 79.7 Å². The second-order valence-electron chi connectivity index (χ2n) is 6.02. The van der Waals surface area contributed by atoms with Gasteiger partial charge in [0.2, 0.25) is 0 Å². The molecule has 0 aliphatic carbocycles. The standard InChI is InChI=1S/C20H20N2O4/c1-3-26-16-8-6-15(7-9-16)18-17(13(2)23)19(24)20(25)22(18)12-14-5-4-10-21-11-14/h4-11,18,24H,3,12H2,1-2H3/t18-/m1/s1. The summed E-state index contributed by atoms with van der Waals surface area (Å²) in [6.07, 6.45) is 3.31. The number of hydrogen-bond donors (Lipinski definition) is 1.